The van der Waals surface area contributed by atoms with Crippen molar-refractivity contribution >= 4 is 11.6 Å². The molecule has 0 bridgehead atoms. The summed E-state index contributed by atoms with van der Waals surface area (Å²) in [5, 5.41) is 24.6. The average Bonchev–Trinajstić information content (AvgIpc) is 2.77. The monoisotopic (exact) mass is 289 g/mol. The molecule has 0 spiro atoms. The van der Waals surface area contributed by atoms with Gasteiger partial charge in [0.15, 0.2) is 5.78 Å². The van der Waals surface area contributed by atoms with Crippen molar-refractivity contribution in [3.63, 3.8) is 0 Å². The zero-order valence-electron chi connectivity index (χ0n) is 11.1. The van der Waals surface area contributed by atoms with Gasteiger partial charge in [-0.3, -0.25) is 9.59 Å². The quantitative estimate of drug-likeness (QED) is 0.597. The highest BCUT2D eigenvalue weighted by Crippen LogP contribution is 2.53. The van der Waals surface area contributed by atoms with Crippen LogP contribution in [0.25, 0.3) is 0 Å². The summed E-state index contributed by atoms with van der Waals surface area (Å²) in [5.41, 5.74) is -2.99. The van der Waals surface area contributed by atoms with E-state index >= 15 is 0 Å². The maximum atomic E-state index is 12.6. The van der Waals surface area contributed by atoms with Gasteiger partial charge in [-0.2, -0.15) is 0 Å². The largest absolute Gasteiger partial charge is 0.412 e. The maximum absolute atomic E-state index is 12.6. The molecule has 2 atom stereocenters. The number of nitrogens with one attached hydrogen (secondary N) is 1. The number of allylic oxidation sites excluding steroid dienone is 1. The number of ketones is 2. The summed E-state index contributed by atoms with van der Waals surface area (Å²) >= 11 is 0. The van der Waals surface area contributed by atoms with Gasteiger partial charge in [-0.05, 0) is 12.8 Å². The highest BCUT2D eigenvalue weighted by atomic mass is 16.4. The second-order valence-electron chi connectivity index (χ2n) is 5.55. The summed E-state index contributed by atoms with van der Waals surface area (Å²) in [5.74, 6) is -0.873. The van der Waals surface area contributed by atoms with Crippen LogP contribution in [0, 0.1) is 0 Å². The fraction of sp³-hybridized carbons (Fsp3) is 0.333. The molecule has 110 valence electrons. The van der Waals surface area contributed by atoms with Crippen LogP contribution in [0.4, 0.5) is 0 Å². The zero-order valence-corrected chi connectivity index (χ0v) is 11.1. The number of aliphatic hydroxyl groups is 2. The van der Waals surface area contributed by atoms with E-state index in [-0.39, 0.29) is 22.4 Å². The smallest absolute Gasteiger partial charge is 0.210 e. The molecule has 1 aliphatic heterocycles. The van der Waals surface area contributed by atoms with Gasteiger partial charge in [0.2, 0.25) is 17.1 Å². The van der Waals surface area contributed by atoms with Gasteiger partial charge in [-0.1, -0.05) is 24.3 Å². The minimum atomic E-state index is -2.19. The fourth-order valence-corrected chi connectivity index (χ4v) is 3.61. The van der Waals surface area contributed by atoms with Crippen molar-refractivity contribution in [1.29, 1.82) is 0 Å². The van der Waals surface area contributed by atoms with Crippen molar-refractivity contribution in [3.8, 4) is 0 Å². The van der Waals surface area contributed by atoms with Crippen LogP contribution in [0.3, 0.4) is 0 Å². The number of hydrogen-bond donors (Lipinski definition) is 3. The summed E-state index contributed by atoms with van der Waals surface area (Å²) in [6.07, 6.45) is 1.51. The van der Waals surface area contributed by atoms with Gasteiger partial charge in [-0.15, -0.1) is 0 Å². The normalized spacial score (nSPS) is 33.0. The van der Waals surface area contributed by atoms with Gasteiger partial charge in [0, 0.05) is 23.2 Å². The van der Waals surface area contributed by atoms with E-state index in [1.54, 1.807) is 24.3 Å². The first-order valence-electron chi connectivity index (χ1n) is 6.64. The third-order valence-electron chi connectivity index (χ3n) is 4.52. The lowest BCUT2D eigenvalue weighted by atomic mass is 9.80. The summed E-state index contributed by atoms with van der Waals surface area (Å²) in [4.78, 5) is 24.7. The first-order chi connectivity index (χ1) is 9.50. The topological polar surface area (TPSA) is 118 Å². The van der Waals surface area contributed by atoms with Crippen LogP contribution in [0.5, 0.6) is 0 Å². The van der Waals surface area contributed by atoms with E-state index in [4.69, 9.17) is 0 Å². The first kappa shape index (κ1) is 13.9. The Hall–Kier alpha value is -2.02. The molecule has 0 fully saturated rings. The Morgan fingerprint density at radius 2 is 1.81 bits per heavy atom. The molecule has 1 heterocycles. The molecule has 0 radical (unpaired) electrons. The van der Waals surface area contributed by atoms with E-state index < -0.39 is 17.1 Å². The molecule has 0 amide bonds. The SMILES string of the molecule is O.O=C1CCCC2=C1[C@]1(O)C(=O)c3ccccc3[C@]1(O)N2. The van der Waals surface area contributed by atoms with Crippen molar-refractivity contribution in [2.75, 3.05) is 0 Å². The van der Waals surface area contributed by atoms with E-state index in [0.29, 0.717) is 30.5 Å². The van der Waals surface area contributed by atoms with Crippen molar-refractivity contribution in [1.82, 2.24) is 5.32 Å². The summed E-state index contributed by atoms with van der Waals surface area (Å²) in [6, 6.07) is 6.52. The third-order valence-corrected chi connectivity index (χ3v) is 4.52. The van der Waals surface area contributed by atoms with Crippen LogP contribution >= 0.6 is 0 Å². The Morgan fingerprint density at radius 3 is 2.57 bits per heavy atom. The van der Waals surface area contributed by atoms with Crippen molar-refractivity contribution in [3.05, 3.63) is 46.7 Å². The summed E-state index contributed by atoms with van der Waals surface area (Å²) in [6.45, 7) is 0. The predicted molar refractivity (Wildman–Crippen MR) is 72.3 cm³/mol. The Labute approximate surface area is 120 Å². The lowest BCUT2D eigenvalue weighted by molar-refractivity contribution is -0.126. The number of fused-ring (bicyclic) bond motifs is 4. The van der Waals surface area contributed by atoms with Crippen molar-refractivity contribution < 1.29 is 25.3 Å². The lowest BCUT2D eigenvalue weighted by Crippen LogP contribution is -2.56. The standard InChI is InChI=1S/C15H13NO4.H2O/c17-11-7-3-6-10-12(11)14(19)13(18)8-4-1-2-5-9(8)15(14,20)16-10;/h1-2,4-5,16,19-20H,3,6-7H2;1H2/t14-,15+;/m0./s1. The molecular formula is C15H15NO5. The van der Waals surface area contributed by atoms with E-state index in [1.165, 1.54) is 0 Å². The number of carbonyl (C=O) groups is 2. The molecule has 0 unspecified atom stereocenters. The Bertz CT molecular complexity index is 710. The van der Waals surface area contributed by atoms with Gasteiger partial charge < -0.3 is 21.0 Å². The Kier molecular flexibility index (Phi) is 2.66. The van der Waals surface area contributed by atoms with E-state index in [0.717, 1.165) is 0 Å². The maximum Gasteiger partial charge on any atom is 0.210 e. The lowest BCUT2D eigenvalue weighted by Gasteiger charge is -2.32. The molecule has 0 saturated heterocycles. The van der Waals surface area contributed by atoms with Crippen LogP contribution in [-0.4, -0.2) is 32.9 Å². The van der Waals surface area contributed by atoms with Crippen LogP contribution in [-0.2, 0) is 10.5 Å². The zero-order chi connectivity index (χ0) is 14.1. The van der Waals surface area contributed by atoms with Gasteiger partial charge in [-0.25, -0.2) is 0 Å². The van der Waals surface area contributed by atoms with Crippen LogP contribution in [0.2, 0.25) is 0 Å². The van der Waals surface area contributed by atoms with E-state index in [9.17, 15) is 19.8 Å². The first-order valence-corrected chi connectivity index (χ1v) is 6.64. The summed E-state index contributed by atoms with van der Waals surface area (Å²) in [7, 11) is 0. The van der Waals surface area contributed by atoms with E-state index in [1.807, 2.05) is 0 Å². The fourth-order valence-electron chi connectivity index (χ4n) is 3.61. The molecule has 0 saturated carbocycles. The molecule has 4 rings (SSSR count). The summed E-state index contributed by atoms with van der Waals surface area (Å²) < 4.78 is 0. The molecule has 0 aromatic heterocycles. The molecule has 21 heavy (non-hydrogen) atoms. The van der Waals surface area contributed by atoms with Gasteiger partial charge in [0.1, 0.15) is 0 Å². The second kappa shape index (κ2) is 4.00. The second-order valence-corrected chi connectivity index (χ2v) is 5.55. The highest BCUT2D eigenvalue weighted by Gasteiger charge is 2.70. The van der Waals surface area contributed by atoms with Crippen LogP contribution in [0.1, 0.15) is 35.2 Å². The minimum Gasteiger partial charge on any atom is -0.412 e. The van der Waals surface area contributed by atoms with Crippen LogP contribution in [0.15, 0.2) is 35.5 Å². The number of hydrogen-bond acceptors (Lipinski definition) is 5. The van der Waals surface area contributed by atoms with Gasteiger partial charge >= 0.3 is 0 Å². The Morgan fingerprint density at radius 1 is 1.10 bits per heavy atom. The molecule has 3 aliphatic rings. The number of carbonyl (C=O) groups excluding carboxylic acids is 2. The predicted octanol–water partition coefficient (Wildman–Crippen LogP) is -0.455. The molecular weight excluding hydrogens is 274 g/mol. The minimum absolute atomic E-state index is 0. The molecule has 6 heteroatoms. The van der Waals surface area contributed by atoms with E-state index in [2.05, 4.69) is 5.32 Å². The average molecular weight is 289 g/mol. The Balaban J connectivity index is 0.00000132. The highest BCUT2D eigenvalue weighted by molar-refractivity contribution is 6.17. The number of Topliss-reactive ketones (excluding diaryl/α,β-unsaturated/α-hetero) is 2. The van der Waals surface area contributed by atoms with Crippen molar-refractivity contribution in [2.24, 2.45) is 0 Å². The van der Waals surface area contributed by atoms with Gasteiger partial charge in [0.25, 0.3) is 0 Å². The third kappa shape index (κ3) is 1.32. The molecule has 5 N–H and O–H groups in total. The molecule has 1 aromatic rings. The molecule has 6 nitrogen and oxygen atoms in total. The van der Waals surface area contributed by atoms with Crippen molar-refractivity contribution in [2.45, 2.75) is 30.6 Å². The van der Waals surface area contributed by atoms with Crippen LogP contribution < -0.4 is 5.32 Å². The number of benzene rings is 1. The molecule has 1 aromatic carbocycles. The van der Waals surface area contributed by atoms with Gasteiger partial charge in [0.05, 0.1) is 5.57 Å². The molecule has 2 aliphatic carbocycles. The number of rotatable bonds is 0.